The van der Waals surface area contributed by atoms with E-state index in [0.717, 1.165) is 32.6 Å². The molecule has 0 aromatic heterocycles. The number of nitrogens with one attached hydrogen (secondary N) is 1. The molecular weight excluding hydrogens is 154 g/mol. The molecule has 1 heterocycles. The second-order valence-electron chi connectivity index (χ2n) is 3.40. The number of rotatable bonds is 5. The molecule has 2 unspecified atom stereocenters. The van der Waals surface area contributed by atoms with Crippen LogP contribution < -0.4 is 5.32 Å². The lowest BCUT2D eigenvalue weighted by Gasteiger charge is -2.16. The summed E-state index contributed by atoms with van der Waals surface area (Å²) in [6, 6.07) is 0. The maximum absolute atomic E-state index is 9.63. The molecule has 1 aliphatic heterocycles. The summed E-state index contributed by atoms with van der Waals surface area (Å²) in [4.78, 5) is 0. The van der Waals surface area contributed by atoms with E-state index in [2.05, 4.69) is 12.2 Å². The molecule has 2 N–H and O–H groups in total. The SMILES string of the molecule is CCCNCC(O)C1CCOC1. The van der Waals surface area contributed by atoms with Crippen LogP contribution >= 0.6 is 0 Å². The highest BCUT2D eigenvalue weighted by molar-refractivity contribution is 4.74. The summed E-state index contributed by atoms with van der Waals surface area (Å²) < 4.78 is 5.20. The first kappa shape index (κ1) is 9.96. The third-order valence-electron chi connectivity index (χ3n) is 2.29. The fraction of sp³-hybridized carbons (Fsp3) is 1.00. The van der Waals surface area contributed by atoms with Crippen LogP contribution in [0.1, 0.15) is 19.8 Å². The van der Waals surface area contributed by atoms with Crippen LogP contribution in [-0.4, -0.2) is 37.5 Å². The minimum Gasteiger partial charge on any atom is -0.391 e. The van der Waals surface area contributed by atoms with Crippen molar-refractivity contribution < 1.29 is 9.84 Å². The van der Waals surface area contributed by atoms with Gasteiger partial charge in [0.2, 0.25) is 0 Å². The topological polar surface area (TPSA) is 41.5 Å². The van der Waals surface area contributed by atoms with Crippen LogP contribution in [0.3, 0.4) is 0 Å². The molecule has 0 aromatic rings. The smallest absolute Gasteiger partial charge is 0.0715 e. The van der Waals surface area contributed by atoms with Crippen LogP contribution in [0, 0.1) is 5.92 Å². The van der Waals surface area contributed by atoms with Gasteiger partial charge in [-0.25, -0.2) is 0 Å². The summed E-state index contributed by atoms with van der Waals surface area (Å²) in [5, 5.41) is 12.8. The molecular formula is C9H19NO2. The van der Waals surface area contributed by atoms with Gasteiger partial charge in [0, 0.05) is 19.1 Å². The second kappa shape index (κ2) is 5.51. The van der Waals surface area contributed by atoms with Crippen LogP contribution in [0.25, 0.3) is 0 Å². The maximum atomic E-state index is 9.63. The van der Waals surface area contributed by atoms with Crippen molar-refractivity contribution >= 4 is 0 Å². The molecule has 0 radical (unpaired) electrons. The highest BCUT2D eigenvalue weighted by Crippen LogP contribution is 2.15. The van der Waals surface area contributed by atoms with Crippen LogP contribution in [-0.2, 0) is 4.74 Å². The van der Waals surface area contributed by atoms with Crippen LogP contribution in [0.5, 0.6) is 0 Å². The Hall–Kier alpha value is -0.120. The van der Waals surface area contributed by atoms with Crippen molar-refractivity contribution in [2.24, 2.45) is 5.92 Å². The fourth-order valence-corrected chi connectivity index (χ4v) is 1.45. The third-order valence-corrected chi connectivity index (χ3v) is 2.29. The molecule has 1 saturated heterocycles. The van der Waals surface area contributed by atoms with E-state index in [1.54, 1.807) is 0 Å². The van der Waals surface area contributed by atoms with Gasteiger partial charge in [-0.2, -0.15) is 0 Å². The first-order valence-electron chi connectivity index (χ1n) is 4.81. The molecule has 2 atom stereocenters. The number of hydrogen-bond acceptors (Lipinski definition) is 3. The Bertz CT molecular complexity index is 113. The number of hydrogen-bond donors (Lipinski definition) is 2. The van der Waals surface area contributed by atoms with E-state index >= 15 is 0 Å². The molecule has 1 rings (SSSR count). The van der Waals surface area contributed by atoms with E-state index in [4.69, 9.17) is 4.74 Å². The molecule has 0 aromatic carbocycles. The monoisotopic (exact) mass is 173 g/mol. The van der Waals surface area contributed by atoms with Gasteiger partial charge in [-0.05, 0) is 19.4 Å². The van der Waals surface area contributed by atoms with Crippen LogP contribution in [0.4, 0.5) is 0 Å². The average molecular weight is 173 g/mol. The summed E-state index contributed by atoms with van der Waals surface area (Å²) in [6.07, 6.45) is 1.90. The molecule has 1 aliphatic rings. The first-order chi connectivity index (χ1) is 5.84. The van der Waals surface area contributed by atoms with Gasteiger partial charge in [0.1, 0.15) is 0 Å². The fourth-order valence-electron chi connectivity index (χ4n) is 1.45. The first-order valence-corrected chi connectivity index (χ1v) is 4.81. The Labute approximate surface area is 74.1 Å². The molecule has 0 saturated carbocycles. The number of aliphatic hydroxyl groups excluding tert-OH is 1. The van der Waals surface area contributed by atoms with E-state index in [9.17, 15) is 5.11 Å². The minimum absolute atomic E-state index is 0.223. The lowest BCUT2D eigenvalue weighted by atomic mass is 10.0. The average Bonchev–Trinajstić information content (AvgIpc) is 2.56. The van der Waals surface area contributed by atoms with Crippen molar-refractivity contribution in [1.29, 1.82) is 0 Å². The molecule has 1 fully saturated rings. The predicted molar refractivity (Wildman–Crippen MR) is 48.1 cm³/mol. The van der Waals surface area contributed by atoms with E-state index in [-0.39, 0.29) is 6.10 Å². The van der Waals surface area contributed by atoms with Gasteiger partial charge in [0.15, 0.2) is 0 Å². The zero-order valence-electron chi connectivity index (χ0n) is 7.75. The Morgan fingerprint density at radius 1 is 1.67 bits per heavy atom. The molecule has 0 spiro atoms. The summed E-state index contributed by atoms with van der Waals surface area (Å²) in [7, 11) is 0. The van der Waals surface area contributed by atoms with E-state index in [1.807, 2.05) is 0 Å². The Morgan fingerprint density at radius 2 is 2.50 bits per heavy atom. The quantitative estimate of drug-likeness (QED) is 0.591. The van der Waals surface area contributed by atoms with Gasteiger partial charge >= 0.3 is 0 Å². The molecule has 3 nitrogen and oxygen atoms in total. The van der Waals surface area contributed by atoms with Gasteiger partial charge in [-0.15, -0.1) is 0 Å². The van der Waals surface area contributed by atoms with E-state index < -0.39 is 0 Å². The number of aliphatic hydroxyl groups is 1. The Balaban J connectivity index is 2.05. The highest BCUT2D eigenvalue weighted by atomic mass is 16.5. The summed E-state index contributed by atoms with van der Waals surface area (Å²) in [6.45, 7) is 5.37. The lowest BCUT2D eigenvalue weighted by Crippen LogP contribution is -2.33. The summed E-state index contributed by atoms with van der Waals surface area (Å²) in [5.74, 6) is 0.356. The molecule has 0 bridgehead atoms. The van der Waals surface area contributed by atoms with Gasteiger partial charge in [0.05, 0.1) is 12.7 Å². The zero-order chi connectivity index (χ0) is 8.81. The normalized spacial score (nSPS) is 26.0. The van der Waals surface area contributed by atoms with Crippen molar-refractivity contribution in [3.8, 4) is 0 Å². The standard InChI is InChI=1S/C9H19NO2/c1-2-4-10-6-9(11)8-3-5-12-7-8/h8-11H,2-7H2,1H3. The molecule has 12 heavy (non-hydrogen) atoms. The van der Waals surface area contributed by atoms with Crippen molar-refractivity contribution in [2.45, 2.75) is 25.9 Å². The van der Waals surface area contributed by atoms with Gasteiger partial charge < -0.3 is 15.2 Å². The minimum atomic E-state index is -0.223. The highest BCUT2D eigenvalue weighted by Gasteiger charge is 2.23. The van der Waals surface area contributed by atoms with Crippen molar-refractivity contribution in [2.75, 3.05) is 26.3 Å². The predicted octanol–water partition coefficient (Wildman–Crippen LogP) is 0.383. The van der Waals surface area contributed by atoms with Crippen molar-refractivity contribution in [3.05, 3.63) is 0 Å². The van der Waals surface area contributed by atoms with E-state index in [1.165, 1.54) is 0 Å². The van der Waals surface area contributed by atoms with Gasteiger partial charge in [-0.1, -0.05) is 6.92 Å². The maximum Gasteiger partial charge on any atom is 0.0715 e. The molecule has 3 heteroatoms. The van der Waals surface area contributed by atoms with Gasteiger partial charge in [0.25, 0.3) is 0 Å². The van der Waals surface area contributed by atoms with Crippen molar-refractivity contribution in [1.82, 2.24) is 5.32 Å². The Morgan fingerprint density at radius 3 is 3.08 bits per heavy atom. The molecule has 0 amide bonds. The van der Waals surface area contributed by atoms with Crippen molar-refractivity contribution in [3.63, 3.8) is 0 Å². The largest absolute Gasteiger partial charge is 0.391 e. The summed E-state index contributed by atoms with van der Waals surface area (Å²) >= 11 is 0. The second-order valence-corrected chi connectivity index (χ2v) is 3.40. The van der Waals surface area contributed by atoms with Crippen LogP contribution in [0.15, 0.2) is 0 Å². The number of ether oxygens (including phenoxy) is 1. The lowest BCUT2D eigenvalue weighted by molar-refractivity contribution is 0.0910. The van der Waals surface area contributed by atoms with Gasteiger partial charge in [-0.3, -0.25) is 0 Å². The van der Waals surface area contributed by atoms with Crippen LogP contribution in [0.2, 0.25) is 0 Å². The molecule has 72 valence electrons. The molecule has 0 aliphatic carbocycles. The zero-order valence-corrected chi connectivity index (χ0v) is 7.75. The Kier molecular flexibility index (Phi) is 4.58. The summed E-state index contributed by atoms with van der Waals surface area (Å²) in [5.41, 5.74) is 0. The third kappa shape index (κ3) is 3.09. The van der Waals surface area contributed by atoms with E-state index in [0.29, 0.717) is 12.5 Å².